The van der Waals surface area contributed by atoms with E-state index in [4.69, 9.17) is 4.74 Å². The van der Waals surface area contributed by atoms with E-state index in [0.717, 1.165) is 18.1 Å². The van der Waals surface area contributed by atoms with Gasteiger partial charge in [-0.25, -0.2) is 0 Å². The second-order valence-electron chi connectivity index (χ2n) is 5.15. The maximum absolute atomic E-state index is 5.27. The van der Waals surface area contributed by atoms with Gasteiger partial charge in [-0.3, -0.25) is 0 Å². The van der Waals surface area contributed by atoms with Crippen molar-refractivity contribution in [3.05, 3.63) is 54.1 Å². The molecule has 0 radical (unpaired) electrons. The predicted octanol–water partition coefficient (Wildman–Crippen LogP) is 4.95. The van der Waals surface area contributed by atoms with Gasteiger partial charge in [0.25, 0.3) is 0 Å². The molecule has 2 aromatic carbocycles. The van der Waals surface area contributed by atoms with Crippen LogP contribution in [0.15, 0.2) is 48.5 Å². The lowest BCUT2D eigenvalue weighted by atomic mass is 9.97. The lowest BCUT2D eigenvalue weighted by Crippen LogP contribution is -1.97. The number of hydrogen-bond donors (Lipinski definition) is 0. The van der Waals surface area contributed by atoms with Crippen LogP contribution in [0.4, 0.5) is 0 Å². The van der Waals surface area contributed by atoms with Gasteiger partial charge in [0.2, 0.25) is 0 Å². The molecule has 2 aromatic rings. The van der Waals surface area contributed by atoms with Crippen LogP contribution < -0.4 is 4.74 Å². The largest absolute Gasteiger partial charge is 0.497 e. The number of benzene rings is 2. The highest BCUT2D eigenvalue weighted by Crippen LogP contribution is 2.24. The normalized spacial score (nSPS) is 12.2. The van der Waals surface area contributed by atoms with Crippen LogP contribution in [0.5, 0.6) is 5.75 Å². The highest BCUT2D eigenvalue weighted by molar-refractivity contribution is 5.65. The van der Waals surface area contributed by atoms with Crippen LogP contribution in [0.1, 0.15) is 25.8 Å². The Bertz CT molecular complexity index is 513. The first kappa shape index (κ1) is 13.7. The molecule has 0 aliphatic carbocycles. The lowest BCUT2D eigenvalue weighted by molar-refractivity contribution is 0.415. The molecule has 1 nitrogen and oxygen atoms in total. The average molecular weight is 254 g/mol. The molecular formula is C18H22O. The summed E-state index contributed by atoms with van der Waals surface area (Å²) in [5, 5.41) is 0. The monoisotopic (exact) mass is 254 g/mol. The maximum atomic E-state index is 5.27. The van der Waals surface area contributed by atoms with Gasteiger partial charge in [0.1, 0.15) is 5.75 Å². The van der Waals surface area contributed by atoms with E-state index in [2.05, 4.69) is 50.2 Å². The van der Waals surface area contributed by atoms with Crippen molar-refractivity contribution in [2.45, 2.75) is 26.7 Å². The molecular weight excluding hydrogens is 232 g/mol. The number of hydrogen-bond acceptors (Lipinski definition) is 1. The summed E-state index contributed by atoms with van der Waals surface area (Å²) in [5.41, 5.74) is 3.86. The Morgan fingerprint density at radius 1 is 1.00 bits per heavy atom. The molecule has 0 aliphatic rings. The van der Waals surface area contributed by atoms with Crippen molar-refractivity contribution in [2.24, 2.45) is 5.92 Å². The standard InChI is InChI=1S/C18H22O/c1-4-14(2)12-15-8-10-16(11-9-15)17-6-5-7-18(13-17)19-3/h5-11,13-14H,4,12H2,1-3H3. The predicted molar refractivity (Wildman–Crippen MR) is 81.6 cm³/mol. The van der Waals surface area contributed by atoms with Gasteiger partial charge in [-0.2, -0.15) is 0 Å². The molecule has 100 valence electrons. The highest BCUT2D eigenvalue weighted by Gasteiger charge is 2.03. The fourth-order valence-corrected chi connectivity index (χ4v) is 2.18. The maximum Gasteiger partial charge on any atom is 0.119 e. The van der Waals surface area contributed by atoms with Crippen molar-refractivity contribution in [2.75, 3.05) is 7.11 Å². The molecule has 0 bridgehead atoms. The highest BCUT2D eigenvalue weighted by atomic mass is 16.5. The topological polar surface area (TPSA) is 9.23 Å². The fourth-order valence-electron chi connectivity index (χ4n) is 2.18. The Balaban J connectivity index is 2.17. The van der Waals surface area contributed by atoms with E-state index in [0.29, 0.717) is 0 Å². The Hall–Kier alpha value is -1.76. The van der Waals surface area contributed by atoms with Gasteiger partial charge in [0.05, 0.1) is 7.11 Å². The molecule has 2 rings (SSSR count). The molecule has 0 spiro atoms. The summed E-state index contributed by atoms with van der Waals surface area (Å²) in [6.07, 6.45) is 2.40. The van der Waals surface area contributed by atoms with Crippen molar-refractivity contribution in [1.82, 2.24) is 0 Å². The van der Waals surface area contributed by atoms with Crippen LogP contribution in [-0.4, -0.2) is 7.11 Å². The van der Waals surface area contributed by atoms with Gasteiger partial charge in [0.15, 0.2) is 0 Å². The summed E-state index contributed by atoms with van der Waals surface area (Å²) in [6.45, 7) is 4.55. The minimum absolute atomic E-state index is 0.752. The van der Waals surface area contributed by atoms with Crippen molar-refractivity contribution in [3.8, 4) is 16.9 Å². The molecule has 19 heavy (non-hydrogen) atoms. The van der Waals surface area contributed by atoms with Crippen LogP contribution >= 0.6 is 0 Å². The third-order valence-electron chi connectivity index (χ3n) is 3.64. The second-order valence-corrected chi connectivity index (χ2v) is 5.15. The molecule has 1 heteroatoms. The van der Waals surface area contributed by atoms with Crippen LogP contribution in [-0.2, 0) is 6.42 Å². The first-order valence-electron chi connectivity index (χ1n) is 6.96. The third-order valence-corrected chi connectivity index (χ3v) is 3.64. The Labute approximate surface area is 116 Å². The van der Waals surface area contributed by atoms with Gasteiger partial charge >= 0.3 is 0 Å². The van der Waals surface area contributed by atoms with Crippen molar-refractivity contribution >= 4 is 0 Å². The first-order valence-corrected chi connectivity index (χ1v) is 6.96. The van der Waals surface area contributed by atoms with Gasteiger partial charge < -0.3 is 4.74 Å². The number of methoxy groups -OCH3 is 1. The third kappa shape index (κ3) is 3.60. The average Bonchev–Trinajstić information content (AvgIpc) is 2.48. The zero-order valence-corrected chi connectivity index (χ0v) is 12.0. The Morgan fingerprint density at radius 3 is 2.37 bits per heavy atom. The molecule has 0 aliphatic heterocycles. The molecule has 0 aromatic heterocycles. The van der Waals surface area contributed by atoms with Crippen molar-refractivity contribution in [3.63, 3.8) is 0 Å². The van der Waals surface area contributed by atoms with E-state index in [1.54, 1.807) is 7.11 Å². The summed E-state index contributed by atoms with van der Waals surface area (Å²) >= 11 is 0. The first-order chi connectivity index (χ1) is 9.22. The van der Waals surface area contributed by atoms with E-state index >= 15 is 0 Å². The van der Waals surface area contributed by atoms with E-state index < -0.39 is 0 Å². The number of rotatable bonds is 5. The smallest absolute Gasteiger partial charge is 0.119 e. The summed E-state index contributed by atoms with van der Waals surface area (Å²) in [6, 6.07) is 17.1. The van der Waals surface area contributed by atoms with Gasteiger partial charge in [-0.05, 0) is 41.2 Å². The summed E-state index contributed by atoms with van der Waals surface area (Å²) in [7, 11) is 1.70. The van der Waals surface area contributed by atoms with Crippen molar-refractivity contribution in [1.29, 1.82) is 0 Å². The number of ether oxygens (including phenoxy) is 1. The SMILES string of the molecule is CCC(C)Cc1ccc(-c2cccc(OC)c2)cc1. The van der Waals surface area contributed by atoms with Crippen LogP contribution in [0.25, 0.3) is 11.1 Å². The molecule has 0 saturated heterocycles. The van der Waals surface area contributed by atoms with Gasteiger partial charge in [-0.15, -0.1) is 0 Å². The van der Waals surface area contributed by atoms with E-state index in [-0.39, 0.29) is 0 Å². The van der Waals surface area contributed by atoms with E-state index in [1.807, 2.05) is 12.1 Å². The molecule has 1 unspecified atom stereocenters. The molecule has 1 atom stereocenters. The minimum atomic E-state index is 0.752. The molecule has 0 fully saturated rings. The second kappa shape index (κ2) is 6.42. The zero-order valence-electron chi connectivity index (χ0n) is 12.0. The van der Waals surface area contributed by atoms with E-state index in [1.165, 1.54) is 23.1 Å². The summed E-state index contributed by atoms with van der Waals surface area (Å²) in [5.74, 6) is 1.66. The van der Waals surface area contributed by atoms with Gasteiger partial charge in [0, 0.05) is 0 Å². The van der Waals surface area contributed by atoms with Crippen molar-refractivity contribution < 1.29 is 4.74 Å². The van der Waals surface area contributed by atoms with Gasteiger partial charge in [-0.1, -0.05) is 56.7 Å². The van der Waals surface area contributed by atoms with E-state index in [9.17, 15) is 0 Å². The van der Waals surface area contributed by atoms with Crippen LogP contribution in [0, 0.1) is 5.92 Å². The molecule has 0 saturated carbocycles. The Kier molecular flexibility index (Phi) is 4.62. The van der Waals surface area contributed by atoms with Crippen LogP contribution in [0.2, 0.25) is 0 Å². The molecule has 0 N–H and O–H groups in total. The summed E-state index contributed by atoms with van der Waals surface area (Å²) in [4.78, 5) is 0. The quantitative estimate of drug-likeness (QED) is 0.733. The van der Waals surface area contributed by atoms with Crippen LogP contribution in [0.3, 0.4) is 0 Å². The molecule has 0 heterocycles. The summed E-state index contributed by atoms with van der Waals surface area (Å²) < 4.78 is 5.27. The molecule has 0 amide bonds. The minimum Gasteiger partial charge on any atom is -0.497 e. The Morgan fingerprint density at radius 2 is 1.74 bits per heavy atom. The fraction of sp³-hybridized carbons (Fsp3) is 0.333. The zero-order chi connectivity index (χ0) is 13.7. The lowest BCUT2D eigenvalue weighted by Gasteiger charge is -2.09.